The standard InChI is InChI=1S/C29H27N5O3S/c1-19-8-7-11-21(16-19)31-26(36)18-38-29-33-23-13-6-5-12-22(23)27-32-24(28(37)34(27)29)14-15-25(35)30-17-20-9-3-2-4-10-20/h2-13,16,24H,14-15,17-18H2,1H3,(H,30,35)(H,31,36). The topological polar surface area (TPSA) is 103 Å². The second kappa shape index (κ2) is 11.4. The second-order valence-corrected chi connectivity index (χ2v) is 10.0. The summed E-state index contributed by atoms with van der Waals surface area (Å²) in [6.45, 7) is 2.40. The highest BCUT2D eigenvalue weighted by Gasteiger charge is 2.41. The van der Waals surface area contributed by atoms with Crippen molar-refractivity contribution in [3.05, 3.63) is 95.6 Å². The van der Waals surface area contributed by atoms with Crippen LogP contribution in [-0.4, -0.2) is 45.4 Å². The average Bonchev–Trinajstić information content (AvgIpc) is 3.26. The van der Waals surface area contributed by atoms with Crippen LogP contribution >= 0.6 is 11.8 Å². The number of hydrogen-bond donors (Lipinski definition) is 2. The maximum absolute atomic E-state index is 13.4. The van der Waals surface area contributed by atoms with E-state index in [1.807, 2.05) is 85.8 Å². The molecule has 8 nitrogen and oxygen atoms in total. The molecule has 3 aromatic carbocycles. The summed E-state index contributed by atoms with van der Waals surface area (Å²) in [7, 11) is 0. The van der Waals surface area contributed by atoms with E-state index in [1.54, 1.807) is 0 Å². The number of aryl methyl sites for hydroxylation is 1. The molecule has 0 aliphatic carbocycles. The van der Waals surface area contributed by atoms with Crippen molar-refractivity contribution in [2.24, 2.45) is 9.98 Å². The maximum Gasteiger partial charge on any atom is 0.259 e. The Balaban J connectivity index is 1.24. The number of amides is 3. The number of nitrogens with one attached hydrogen (secondary N) is 2. The van der Waals surface area contributed by atoms with E-state index in [2.05, 4.69) is 15.6 Å². The van der Waals surface area contributed by atoms with Crippen LogP contribution in [0.5, 0.6) is 0 Å². The Bertz CT molecular complexity index is 1440. The lowest BCUT2D eigenvalue weighted by Gasteiger charge is -2.25. The van der Waals surface area contributed by atoms with Crippen LogP contribution in [0, 0.1) is 6.92 Å². The summed E-state index contributed by atoms with van der Waals surface area (Å²) in [6, 6.07) is 24.0. The van der Waals surface area contributed by atoms with Crippen molar-refractivity contribution in [1.82, 2.24) is 10.2 Å². The number of anilines is 1. The van der Waals surface area contributed by atoms with Crippen LogP contribution in [0.4, 0.5) is 11.4 Å². The van der Waals surface area contributed by atoms with Gasteiger partial charge in [0.1, 0.15) is 11.9 Å². The van der Waals surface area contributed by atoms with Crippen LogP contribution in [0.25, 0.3) is 0 Å². The molecule has 0 saturated heterocycles. The summed E-state index contributed by atoms with van der Waals surface area (Å²) in [5.41, 5.74) is 4.23. The van der Waals surface area contributed by atoms with E-state index >= 15 is 0 Å². The lowest BCUT2D eigenvalue weighted by Crippen LogP contribution is -2.41. The Morgan fingerprint density at radius 1 is 0.974 bits per heavy atom. The van der Waals surface area contributed by atoms with Gasteiger partial charge >= 0.3 is 0 Å². The molecule has 0 radical (unpaired) electrons. The molecule has 0 saturated carbocycles. The van der Waals surface area contributed by atoms with Gasteiger partial charge in [0, 0.05) is 24.2 Å². The van der Waals surface area contributed by atoms with Crippen molar-refractivity contribution in [2.75, 3.05) is 11.1 Å². The molecule has 1 unspecified atom stereocenters. The van der Waals surface area contributed by atoms with E-state index in [1.165, 1.54) is 16.7 Å². The lowest BCUT2D eigenvalue weighted by molar-refractivity contribution is -0.125. The molecular formula is C29H27N5O3S. The first-order valence-corrected chi connectivity index (χ1v) is 13.4. The zero-order chi connectivity index (χ0) is 26.5. The molecular weight excluding hydrogens is 498 g/mol. The molecule has 2 heterocycles. The second-order valence-electron chi connectivity index (χ2n) is 9.06. The molecule has 2 aliphatic rings. The molecule has 3 aromatic rings. The van der Waals surface area contributed by atoms with E-state index < -0.39 is 6.04 Å². The molecule has 2 aliphatic heterocycles. The largest absolute Gasteiger partial charge is 0.352 e. The average molecular weight is 526 g/mol. The van der Waals surface area contributed by atoms with Crippen LogP contribution in [0.2, 0.25) is 0 Å². The SMILES string of the molecule is Cc1cccc(NC(=O)CSC2=Nc3ccccc3C3=NC(CCC(=O)NCc4ccccc4)C(=O)N23)c1. The van der Waals surface area contributed by atoms with Crippen LogP contribution < -0.4 is 10.6 Å². The molecule has 38 heavy (non-hydrogen) atoms. The number of rotatable bonds is 8. The number of benzene rings is 3. The van der Waals surface area contributed by atoms with E-state index in [0.717, 1.165) is 22.4 Å². The highest BCUT2D eigenvalue weighted by Crippen LogP contribution is 2.34. The first-order valence-electron chi connectivity index (χ1n) is 12.4. The third-order valence-electron chi connectivity index (χ3n) is 6.16. The third-order valence-corrected chi connectivity index (χ3v) is 7.10. The van der Waals surface area contributed by atoms with Crippen molar-refractivity contribution >= 4 is 51.9 Å². The molecule has 5 rings (SSSR count). The van der Waals surface area contributed by atoms with Crippen LogP contribution in [0.3, 0.4) is 0 Å². The fraction of sp³-hybridized carbons (Fsp3) is 0.207. The van der Waals surface area contributed by atoms with Crippen molar-refractivity contribution < 1.29 is 14.4 Å². The summed E-state index contributed by atoms with van der Waals surface area (Å²) in [5.74, 6) is 0.0215. The Morgan fingerprint density at radius 3 is 2.58 bits per heavy atom. The Labute approximate surface area is 225 Å². The Hall–Kier alpha value is -4.24. The number of carbonyl (C=O) groups is 3. The zero-order valence-corrected chi connectivity index (χ0v) is 21.7. The van der Waals surface area contributed by atoms with Gasteiger partial charge in [0.05, 0.1) is 11.4 Å². The molecule has 0 aromatic heterocycles. The molecule has 2 N–H and O–H groups in total. The van der Waals surface area contributed by atoms with Crippen LogP contribution in [0.1, 0.15) is 29.5 Å². The van der Waals surface area contributed by atoms with Crippen molar-refractivity contribution in [3.63, 3.8) is 0 Å². The van der Waals surface area contributed by atoms with Gasteiger partial charge < -0.3 is 10.6 Å². The normalized spacial score (nSPS) is 15.8. The number of thioether (sulfide) groups is 1. The van der Waals surface area contributed by atoms with E-state index in [9.17, 15) is 14.4 Å². The lowest BCUT2D eigenvalue weighted by atomic mass is 10.1. The number of aliphatic imine (C=N–C) groups is 2. The van der Waals surface area contributed by atoms with Gasteiger partial charge in [0.2, 0.25) is 11.8 Å². The number of hydrogen-bond acceptors (Lipinski definition) is 6. The Kier molecular flexibility index (Phi) is 7.65. The van der Waals surface area contributed by atoms with Gasteiger partial charge in [-0.15, -0.1) is 0 Å². The van der Waals surface area contributed by atoms with Gasteiger partial charge in [0.25, 0.3) is 5.91 Å². The molecule has 0 spiro atoms. The molecule has 3 amide bonds. The quantitative estimate of drug-likeness (QED) is 0.454. The number of nitrogens with zero attached hydrogens (tertiary/aromatic N) is 3. The molecule has 192 valence electrons. The minimum atomic E-state index is -0.689. The smallest absolute Gasteiger partial charge is 0.259 e. The predicted molar refractivity (Wildman–Crippen MR) is 150 cm³/mol. The summed E-state index contributed by atoms with van der Waals surface area (Å²) in [5, 5.41) is 6.19. The monoisotopic (exact) mass is 525 g/mol. The first kappa shape index (κ1) is 25.4. The van der Waals surface area contributed by atoms with E-state index in [0.29, 0.717) is 23.2 Å². The molecule has 0 bridgehead atoms. The van der Waals surface area contributed by atoms with Crippen molar-refractivity contribution in [2.45, 2.75) is 32.4 Å². The summed E-state index contributed by atoms with van der Waals surface area (Å²) in [6.07, 6.45) is 0.460. The number of amidine groups is 2. The molecule has 9 heteroatoms. The number of carbonyl (C=O) groups excluding carboxylic acids is 3. The highest BCUT2D eigenvalue weighted by molar-refractivity contribution is 8.14. The highest BCUT2D eigenvalue weighted by atomic mass is 32.2. The van der Waals surface area contributed by atoms with Gasteiger partial charge in [-0.1, -0.05) is 66.4 Å². The van der Waals surface area contributed by atoms with Crippen LogP contribution in [0.15, 0.2) is 88.8 Å². The minimum absolute atomic E-state index is 0.0819. The van der Waals surface area contributed by atoms with Gasteiger partial charge in [-0.2, -0.15) is 0 Å². The van der Waals surface area contributed by atoms with E-state index in [-0.39, 0.29) is 36.3 Å². The van der Waals surface area contributed by atoms with Crippen molar-refractivity contribution in [3.8, 4) is 0 Å². The molecule has 1 atom stereocenters. The summed E-state index contributed by atoms with van der Waals surface area (Å²) < 4.78 is 0. The van der Waals surface area contributed by atoms with Gasteiger partial charge in [-0.25, -0.2) is 9.89 Å². The zero-order valence-electron chi connectivity index (χ0n) is 20.9. The fourth-order valence-corrected chi connectivity index (χ4v) is 5.09. The summed E-state index contributed by atoms with van der Waals surface area (Å²) in [4.78, 5) is 49.3. The summed E-state index contributed by atoms with van der Waals surface area (Å²) >= 11 is 1.19. The minimum Gasteiger partial charge on any atom is -0.352 e. The third kappa shape index (κ3) is 5.84. The van der Waals surface area contributed by atoms with E-state index in [4.69, 9.17) is 4.99 Å². The molecule has 0 fully saturated rings. The number of para-hydroxylation sites is 1. The van der Waals surface area contributed by atoms with Gasteiger partial charge in [-0.05, 0) is 48.7 Å². The van der Waals surface area contributed by atoms with Gasteiger partial charge in [-0.3, -0.25) is 19.4 Å². The Morgan fingerprint density at radius 2 is 1.76 bits per heavy atom. The predicted octanol–water partition coefficient (Wildman–Crippen LogP) is 4.42. The maximum atomic E-state index is 13.4. The fourth-order valence-electron chi connectivity index (χ4n) is 4.29. The van der Waals surface area contributed by atoms with Gasteiger partial charge in [0.15, 0.2) is 5.17 Å². The van der Waals surface area contributed by atoms with Crippen LogP contribution in [-0.2, 0) is 20.9 Å². The van der Waals surface area contributed by atoms with Crippen molar-refractivity contribution in [1.29, 1.82) is 0 Å². The first-order chi connectivity index (χ1) is 18.5. The number of fused-ring (bicyclic) bond motifs is 3.